The quantitative estimate of drug-likeness (QED) is 0.779. The van der Waals surface area contributed by atoms with Crippen LogP contribution in [-0.2, 0) is 11.2 Å². The average Bonchev–Trinajstić information content (AvgIpc) is 2.78. The predicted molar refractivity (Wildman–Crippen MR) is 72.0 cm³/mol. The number of carboxylic acids is 1. The van der Waals surface area contributed by atoms with E-state index in [2.05, 4.69) is 5.10 Å². The van der Waals surface area contributed by atoms with E-state index in [0.717, 1.165) is 22.3 Å². The molecule has 0 unspecified atom stereocenters. The van der Waals surface area contributed by atoms with Crippen LogP contribution >= 0.6 is 0 Å². The van der Waals surface area contributed by atoms with Gasteiger partial charge < -0.3 is 5.11 Å². The molecule has 0 spiro atoms. The summed E-state index contributed by atoms with van der Waals surface area (Å²) in [5.74, 6) is -0.851. The predicted octanol–water partition coefficient (Wildman–Crippen LogP) is 2.63. The number of benzene rings is 1. The zero-order chi connectivity index (χ0) is 13.2. The third-order valence-electron chi connectivity index (χ3n) is 3.02. The molecule has 4 nitrogen and oxygen atoms in total. The van der Waals surface area contributed by atoms with E-state index in [-0.39, 0.29) is 6.42 Å². The molecule has 0 saturated heterocycles. The second-order valence-electron chi connectivity index (χ2n) is 4.29. The van der Waals surface area contributed by atoms with Crippen LogP contribution in [0, 0.1) is 0 Å². The topological polar surface area (TPSA) is 54.6 Å². The van der Waals surface area contributed by atoms with Gasteiger partial charge in [-0.1, -0.05) is 36.4 Å². The second kappa shape index (κ2) is 4.57. The maximum absolute atomic E-state index is 11.1. The highest BCUT2D eigenvalue weighted by molar-refractivity contribution is 5.81. The Labute approximate surface area is 109 Å². The van der Waals surface area contributed by atoms with Crippen molar-refractivity contribution in [3.63, 3.8) is 0 Å². The first-order valence-electron chi connectivity index (χ1n) is 5.99. The molecule has 0 bridgehead atoms. The van der Waals surface area contributed by atoms with Gasteiger partial charge >= 0.3 is 5.97 Å². The van der Waals surface area contributed by atoms with E-state index < -0.39 is 5.97 Å². The first kappa shape index (κ1) is 11.5. The molecular weight excluding hydrogens is 240 g/mol. The fourth-order valence-corrected chi connectivity index (χ4v) is 2.20. The highest BCUT2D eigenvalue weighted by Crippen LogP contribution is 2.26. The fraction of sp³-hybridized carbons (Fsp3) is 0.0667. The molecule has 1 aromatic carbocycles. The number of nitrogens with zero attached hydrogens (tertiary/aromatic N) is 2. The monoisotopic (exact) mass is 252 g/mol. The largest absolute Gasteiger partial charge is 0.481 e. The molecule has 0 atom stereocenters. The average molecular weight is 252 g/mol. The minimum atomic E-state index is -0.851. The molecule has 0 saturated carbocycles. The Kier molecular flexibility index (Phi) is 2.76. The lowest BCUT2D eigenvalue weighted by Crippen LogP contribution is -2.01. The third kappa shape index (κ3) is 2.08. The Morgan fingerprint density at radius 2 is 1.84 bits per heavy atom. The number of rotatable bonds is 3. The van der Waals surface area contributed by atoms with Crippen LogP contribution in [0.4, 0.5) is 0 Å². The summed E-state index contributed by atoms with van der Waals surface area (Å²) < 4.78 is 1.72. The minimum absolute atomic E-state index is 0.0300. The van der Waals surface area contributed by atoms with Gasteiger partial charge in [0.1, 0.15) is 0 Å². The molecule has 2 aromatic heterocycles. The second-order valence-corrected chi connectivity index (χ2v) is 4.29. The molecule has 0 aliphatic heterocycles. The number of hydrogen-bond acceptors (Lipinski definition) is 2. The van der Waals surface area contributed by atoms with Crippen molar-refractivity contribution >= 4 is 11.5 Å². The Morgan fingerprint density at radius 1 is 1.11 bits per heavy atom. The lowest BCUT2D eigenvalue weighted by atomic mass is 10.0. The molecule has 2 heterocycles. The molecular formula is C15H12N2O2. The zero-order valence-corrected chi connectivity index (χ0v) is 10.2. The smallest absolute Gasteiger partial charge is 0.307 e. The van der Waals surface area contributed by atoms with Crippen LogP contribution in [0.3, 0.4) is 0 Å². The normalized spacial score (nSPS) is 10.7. The summed E-state index contributed by atoms with van der Waals surface area (Å²) >= 11 is 0. The number of carbonyl (C=O) groups is 1. The van der Waals surface area contributed by atoms with E-state index in [1.807, 2.05) is 54.7 Å². The summed E-state index contributed by atoms with van der Waals surface area (Å²) in [5, 5.41) is 13.6. The van der Waals surface area contributed by atoms with Gasteiger partial charge in [0, 0.05) is 17.3 Å². The third-order valence-corrected chi connectivity index (χ3v) is 3.02. The summed E-state index contributed by atoms with van der Waals surface area (Å²) in [4.78, 5) is 11.1. The van der Waals surface area contributed by atoms with Gasteiger partial charge in [-0.25, -0.2) is 4.52 Å². The lowest BCUT2D eigenvalue weighted by molar-refractivity contribution is -0.136. The Bertz CT molecular complexity index is 732. The lowest BCUT2D eigenvalue weighted by Gasteiger charge is -2.00. The summed E-state index contributed by atoms with van der Waals surface area (Å²) in [6, 6.07) is 15.3. The molecule has 19 heavy (non-hydrogen) atoms. The van der Waals surface area contributed by atoms with Crippen LogP contribution in [0.2, 0.25) is 0 Å². The van der Waals surface area contributed by atoms with Gasteiger partial charge in [-0.15, -0.1) is 0 Å². The van der Waals surface area contributed by atoms with Crippen LogP contribution in [-0.4, -0.2) is 20.7 Å². The number of aliphatic carboxylic acids is 1. The zero-order valence-electron chi connectivity index (χ0n) is 10.2. The van der Waals surface area contributed by atoms with Gasteiger partial charge in [-0.2, -0.15) is 5.10 Å². The van der Waals surface area contributed by atoms with E-state index in [1.54, 1.807) is 4.52 Å². The maximum Gasteiger partial charge on any atom is 0.307 e. The van der Waals surface area contributed by atoms with Crippen molar-refractivity contribution < 1.29 is 9.90 Å². The molecule has 0 fully saturated rings. The van der Waals surface area contributed by atoms with Gasteiger partial charge in [0.05, 0.1) is 17.6 Å². The van der Waals surface area contributed by atoms with Crippen molar-refractivity contribution in [3.05, 3.63) is 60.3 Å². The molecule has 1 N–H and O–H groups in total. The van der Waals surface area contributed by atoms with E-state index in [9.17, 15) is 4.79 Å². The molecule has 0 radical (unpaired) electrons. The van der Waals surface area contributed by atoms with Crippen LogP contribution in [0.25, 0.3) is 16.8 Å². The van der Waals surface area contributed by atoms with E-state index in [4.69, 9.17) is 5.11 Å². The first-order valence-corrected chi connectivity index (χ1v) is 5.99. The van der Waals surface area contributed by atoms with Gasteiger partial charge in [-0.05, 0) is 12.1 Å². The first-order chi connectivity index (χ1) is 9.25. The van der Waals surface area contributed by atoms with Gasteiger partial charge in [0.15, 0.2) is 0 Å². The number of hydrogen-bond donors (Lipinski definition) is 1. The maximum atomic E-state index is 11.1. The molecule has 94 valence electrons. The fourth-order valence-electron chi connectivity index (χ4n) is 2.20. The van der Waals surface area contributed by atoms with E-state index in [0.29, 0.717) is 0 Å². The Morgan fingerprint density at radius 3 is 2.58 bits per heavy atom. The minimum Gasteiger partial charge on any atom is -0.481 e. The Hall–Kier alpha value is -2.62. The van der Waals surface area contributed by atoms with Crippen molar-refractivity contribution in [2.24, 2.45) is 0 Å². The molecule has 4 heteroatoms. The van der Waals surface area contributed by atoms with E-state index in [1.165, 1.54) is 0 Å². The number of fused-ring (bicyclic) bond motifs is 1. The van der Waals surface area contributed by atoms with Gasteiger partial charge in [0.2, 0.25) is 0 Å². The highest BCUT2D eigenvalue weighted by Gasteiger charge is 2.16. The SMILES string of the molecule is O=C(O)Cc1c(-c2ccccc2)nn2ccccc12. The van der Waals surface area contributed by atoms with Crippen LogP contribution in [0.15, 0.2) is 54.7 Å². The van der Waals surface area contributed by atoms with Gasteiger partial charge in [0.25, 0.3) is 0 Å². The van der Waals surface area contributed by atoms with Crippen molar-refractivity contribution in [2.75, 3.05) is 0 Å². The molecule has 0 amide bonds. The van der Waals surface area contributed by atoms with E-state index >= 15 is 0 Å². The molecule has 0 aliphatic carbocycles. The number of aromatic nitrogens is 2. The summed E-state index contributed by atoms with van der Waals surface area (Å²) in [6.07, 6.45) is 1.80. The highest BCUT2D eigenvalue weighted by atomic mass is 16.4. The van der Waals surface area contributed by atoms with Crippen molar-refractivity contribution in [1.29, 1.82) is 0 Å². The standard InChI is InChI=1S/C15H12N2O2/c18-14(19)10-12-13-8-4-5-9-17(13)16-15(12)11-6-2-1-3-7-11/h1-9H,10H2,(H,18,19). The summed E-state index contributed by atoms with van der Waals surface area (Å²) in [6.45, 7) is 0. The van der Waals surface area contributed by atoms with Crippen molar-refractivity contribution in [3.8, 4) is 11.3 Å². The van der Waals surface area contributed by atoms with Crippen molar-refractivity contribution in [1.82, 2.24) is 9.61 Å². The van der Waals surface area contributed by atoms with Crippen LogP contribution in [0.5, 0.6) is 0 Å². The molecule has 3 rings (SSSR count). The molecule has 3 aromatic rings. The number of carboxylic acid groups (broad SMARTS) is 1. The summed E-state index contributed by atoms with van der Waals surface area (Å²) in [5.41, 5.74) is 3.25. The van der Waals surface area contributed by atoms with Crippen LogP contribution in [0.1, 0.15) is 5.56 Å². The van der Waals surface area contributed by atoms with Gasteiger partial charge in [-0.3, -0.25) is 4.79 Å². The summed E-state index contributed by atoms with van der Waals surface area (Å²) in [7, 11) is 0. The Balaban J connectivity index is 2.26. The molecule has 0 aliphatic rings. The van der Waals surface area contributed by atoms with Crippen LogP contribution < -0.4 is 0 Å². The number of pyridine rings is 1. The van der Waals surface area contributed by atoms with Crippen molar-refractivity contribution in [2.45, 2.75) is 6.42 Å².